The van der Waals surface area contributed by atoms with Crippen LogP contribution in [0.3, 0.4) is 0 Å². The van der Waals surface area contributed by atoms with Gasteiger partial charge in [-0.15, -0.1) is 0 Å². The molecule has 0 saturated heterocycles. The minimum atomic E-state index is -4.89. The minimum absolute atomic E-state index is 0. The Labute approximate surface area is 111 Å². The van der Waals surface area contributed by atoms with Gasteiger partial charge in [0.1, 0.15) is 12.2 Å². The fourth-order valence-corrected chi connectivity index (χ4v) is 0.755. The van der Waals surface area contributed by atoms with E-state index in [9.17, 15) is 14.3 Å². The van der Waals surface area contributed by atoms with Crippen LogP contribution in [0.4, 0.5) is 0 Å². The summed E-state index contributed by atoms with van der Waals surface area (Å²) in [5, 5.41) is 8.07. The molecule has 0 bridgehead atoms. The zero-order chi connectivity index (χ0) is 9.07. The summed E-state index contributed by atoms with van der Waals surface area (Å²) < 4.78 is 13.7. The summed E-state index contributed by atoms with van der Waals surface area (Å²) in [6.45, 7) is 2.94. The molecule has 0 aromatic rings. The molecule has 12 heavy (non-hydrogen) atoms. The van der Waals surface area contributed by atoms with Gasteiger partial charge in [-0.3, -0.25) is 9.36 Å². The Morgan fingerprint density at radius 1 is 1.67 bits per heavy atom. The number of carbonyl (C=O) groups is 1. The first-order valence-electron chi connectivity index (χ1n) is 2.44. The van der Waals surface area contributed by atoms with Crippen molar-refractivity contribution < 1.29 is 80.2 Å². The molecule has 8 heteroatoms. The molecule has 2 N–H and O–H groups in total. The fourth-order valence-electron chi connectivity index (χ4n) is 0.364. The van der Waals surface area contributed by atoms with Gasteiger partial charge in [-0.2, -0.15) is 0 Å². The molecule has 0 aliphatic rings. The Bertz CT molecular complexity index is 220. The van der Waals surface area contributed by atoms with Crippen LogP contribution in [0.2, 0.25) is 0 Å². The topological polar surface area (TPSA) is 107 Å². The van der Waals surface area contributed by atoms with E-state index in [0.717, 1.165) is 0 Å². The van der Waals surface area contributed by atoms with E-state index in [1.54, 1.807) is 0 Å². The van der Waals surface area contributed by atoms with Crippen LogP contribution in [0, 0.1) is 0 Å². The number of carboxylic acid groups (broad SMARTS) is 1. The van der Waals surface area contributed by atoms with Gasteiger partial charge in [-0.25, -0.2) is 0 Å². The summed E-state index contributed by atoms with van der Waals surface area (Å²) in [4.78, 5) is 27.8. The van der Waals surface area contributed by atoms with Crippen LogP contribution in [0.25, 0.3) is 0 Å². The summed E-state index contributed by atoms with van der Waals surface area (Å²) in [5.74, 6) is -1.82. The smallest absolute Gasteiger partial charge is 0.746 e. The summed E-state index contributed by atoms with van der Waals surface area (Å²) in [6.07, 6.45) is -0.660. The van der Waals surface area contributed by atoms with E-state index >= 15 is 0 Å². The first-order valence-corrected chi connectivity index (χ1v) is 3.94. The van der Waals surface area contributed by atoms with Crippen LogP contribution in [0.1, 0.15) is 6.42 Å². The zero-order valence-corrected chi connectivity index (χ0v) is 10.4. The van der Waals surface area contributed by atoms with Crippen molar-refractivity contribution in [3.63, 3.8) is 0 Å². The number of phosphoric ester groups is 1. The Kier molecular flexibility index (Phi) is 8.00. The van der Waals surface area contributed by atoms with Gasteiger partial charge in [-0.1, -0.05) is 6.58 Å². The molecule has 1 unspecified atom stereocenters. The Balaban J connectivity index is 0. The van der Waals surface area contributed by atoms with Crippen molar-refractivity contribution in [2.45, 2.75) is 6.42 Å². The molecule has 0 aromatic carbocycles. The van der Waals surface area contributed by atoms with Crippen LogP contribution < -0.4 is 56.3 Å². The van der Waals surface area contributed by atoms with Crippen molar-refractivity contribution in [3.05, 3.63) is 12.3 Å². The maximum absolute atomic E-state index is 9.93. The van der Waals surface area contributed by atoms with Crippen molar-refractivity contribution in [1.82, 2.24) is 0 Å². The number of hydrogen-bond donors (Lipinski definition) is 2. The zero-order valence-electron chi connectivity index (χ0n) is 6.39. The van der Waals surface area contributed by atoms with Crippen molar-refractivity contribution >= 4 is 13.8 Å². The fraction of sp³-hybridized carbons (Fsp3) is 0.250. The number of carboxylic acids is 1. The van der Waals surface area contributed by atoms with E-state index in [0.29, 0.717) is 0 Å². The van der Waals surface area contributed by atoms with Crippen LogP contribution in [-0.2, 0) is 13.9 Å². The first kappa shape index (κ1) is 15.3. The molecule has 6 nitrogen and oxygen atoms in total. The van der Waals surface area contributed by atoms with Crippen LogP contribution in [-0.4, -0.2) is 16.0 Å². The van der Waals surface area contributed by atoms with Crippen LogP contribution in [0.5, 0.6) is 0 Å². The predicted octanol–water partition coefficient (Wildman–Crippen LogP) is -3.54. The number of aliphatic carboxylic acids is 1. The van der Waals surface area contributed by atoms with Crippen LogP contribution >= 0.6 is 7.82 Å². The van der Waals surface area contributed by atoms with Gasteiger partial charge in [0.05, 0.1) is 0 Å². The van der Waals surface area contributed by atoms with Gasteiger partial charge in [0.15, 0.2) is 0 Å². The van der Waals surface area contributed by atoms with Crippen molar-refractivity contribution in [1.29, 1.82) is 0 Å². The standard InChI is InChI=1S/C4H7O6P.K/c1-3(2-4(5)6)10-11(7,8)9;/h1-2H2,(H,5,6)(H2,7,8,9);/q;+1/p-1. The van der Waals surface area contributed by atoms with Gasteiger partial charge in [0, 0.05) is 0 Å². The van der Waals surface area contributed by atoms with Gasteiger partial charge in [0.25, 0.3) is 0 Å². The molecule has 0 saturated carbocycles. The SMILES string of the molecule is C=C(CC(=O)O)OP(=O)([O-])O.[K+]. The third-order valence-corrected chi connectivity index (χ3v) is 1.08. The van der Waals surface area contributed by atoms with Gasteiger partial charge < -0.3 is 19.4 Å². The second-order valence-electron chi connectivity index (χ2n) is 1.67. The van der Waals surface area contributed by atoms with E-state index < -0.39 is 26.0 Å². The quantitative estimate of drug-likeness (QED) is 0.288. The third kappa shape index (κ3) is 10.8. The average molecular weight is 220 g/mol. The molecule has 0 aliphatic heterocycles. The van der Waals surface area contributed by atoms with Crippen LogP contribution in [0.15, 0.2) is 12.3 Å². The average Bonchev–Trinajstić information content (AvgIpc) is 1.53. The van der Waals surface area contributed by atoms with E-state index in [2.05, 4.69) is 11.1 Å². The maximum atomic E-state index is 9.93. The second-order valence-corrected chi connectivity index (χ2v) is 2.79. The molecule has 0 heterocycles. The van der Waals surface area contributed by atoms with Gasteiger partial charge >= 0.3 is 65.2 Å². The Morgan fingerprint density at radius 2 is 2.08 bits per heavy atom. The number of hydrogen-bond acceptors (Lipinski definition) is 4. The maximum Gasteiger partial charge on any atom is 1.00 e. The first-order chi connectivity index (χ1) is 4.81. The molecule has 0 aromatic heterocycles. The molecular weight excluding hydrogens is 214 g/mol. The van der Waals surface area contributed by atoms with Crippen molar-refractivity contribution in [2.24, 2.45) is 0 Å². The number of rotatable bonds is 4. The normalized spacial score (nSPS) is 13.8. The van der Waals surface area contributed by atoms with E-state index in [1.165, 1.54) is 0 Å². The summed E-state index contributed by atoms with van der Waals surface area (Å²) in [7, 11) is -4.89. The molecular formula is C4H6KO6P. The molecule has 0 fully saturated rings. The summed E-state index contributed by atoms with van der Waals surface area (Å²) in [5.41, 5.74) is 0. The van der Waals surface area contributed by atoms with E-state index in [-0.39, 0.29) is 51.4 Å². The van der Waals surface area contributed by atoms with Crippen molar-refractivity contribution in [2.75, 3.05) is 0 Å². The predicted molar refractivity (Wildman–Crippen MR) is 32.3 cm³/mol. The summed E-state index contributed by atoms with van der Waals surface area (Å²) >= 11 is 0. The third-order valence-electron chi connectivity index (χ3n) is 0.593. The molecule has 64 valence electrons. The molecule has 0 rings (SSSR count). The molecule has 0 radical (unpaired) electrons. The van der Waals surface area contributed by atoms with Gasteiger partial charge in [0.2, 0.25) is 0 Å². The van der Waals surface area contributed by atoms with Gasteiger partial charge in [-0.05, 0) is 0 Å². The monoisotopic (exact) mass is 220 g/mol. The minimum Gasteiger partial charge on any atom is -0.746 e. The Hall–Kier alpha value is 0.796. The molecule has 0 amide bonds. The second kappa shape index (κ2) is 6.28. The summed E-state index contributed by atoms with van der Waals surface area (Å²) in [6, 6.07) is 0. The van der Waals surface area contributed by atoms with E-state index in [4.69, 9.17) is 10.00 Å². The largest absolute Gasteiger partial charge is 1.00 e. The molecule has 0 aliphatic carbocycles. The Morgan fingerprint density at radius 3 is 2.33 bits per heavy atom. The number of phosphoric acid groups is 1. The molecule has 0 spiro atoms. The van der Waals surface area contributed by atoms with E-state index in [1.807, 2.05) is 0 Å². The molecule has 1 atom stereocenters. The van der Waals surface area contributed by atoms with Crippen molar-refractivity contribution in [3.8, 4) is 0 Å².